The summed E-state index contributed by atoms with van der Waals surface area (Å²) in [6.07, 6.45) is 0. The van der Waals surface area contributed by atoms with E-state index in [1.807, 2.05) is 48.5 Å². The number of halogens is 1. The highest BCUT2D eigenvalue weighted by Gasteiger charge is 2.17. The molecule has 1 aliphatic heterocycles. The summed E-state index contributed by atoms with van der Waals surface area (Å²) in [4.78, 5) is 23.9. The Morgan fingerprint density at radius 3 is 2.73 bits per heavy atom. The van der Waals surface area contributed by atoms with Crippen LogP contribution in [0.5, 0.6) is 0 Å². The smallest absolute Gasteiger partial charge is 0.254 e. The Kier molecular flexibility index (Phi) is 6.37. The van der Waals surface area contributed by atoms with Gasteiger partial charge in [-0.15, -0.1) is 0 Å². The molecule has 1 aliphatic rings. The maximum Gasteiger partial charge on any atom is 0.254 e. The maximum absolute atomic E-state index is 12.7. The summed E-state index contributed by atoms with van der Waals surface area (Å²) in [5, 5.41) is 6.98. The summed E-state index contributed by atoms with van der Waals surface area (Å²) in [5.74, 6) is 0.567. The SMILES string of the molecule is C=C(CN1CCOCC1)C(=O)Nc1nc(Nc2cccc(Br)c2)c2ccccc2n1. The summed E-state index contributed by atoms with van der Waals surface area (Å²) in [7, 11) is 0. The molecule has 0 spiro atoms. The van der Waals surface area contributed by atoms with Gasteiger partial charge in [-0.3, -0.25) is 15.0 Å². The Morgan fingerprint density at radius 1 is 1.13 bits per heavy atom. The van der Waals surface area contributed by atoms with Crippen molar-refractivity contribution in [2.24, 2.45) is 0 Å². The van der Waals surface area contributed by atoms with Crippen LogP contribution in [0.25, 0.3) is 10.9 Å². The summed E-state index contributed by atoms with van der Waals surface area (Å²) < 4.78 is 6.30. The van der Waals surface area contributed by atoms with Gasteiger partial charge in [0, 0.05) is 40.8 Å². The molecule has 0 radical (unpaired) electrons. The third kappa shape index (κ3) is 5.02. The van der Waals surface area contributed by atoms with E-state index in [4.69, 9.17) is 4.74 Å². The lowest BCUT2D eigenvalue weighted by atomic mass is 10.2. The van der Waals surface area contributed by atoms with Crippen LogP contribution in [0.15, 0.2) is 65.2 Å². The molecule has 0 bridgehead atoms. The minimum Gasteiger partial charge on any atom is -0.379 e. The molecule has 0 aliphatic carbocycles. The first-order valence-corrected chi connectivity index (χ1v) is 10.5. The second kappa shape index (κ2) is 9.34. The quantitative estimate of drug-likeness (QED) is 0.534. The van der Waals surface area contributed by atoms with E-state index >= 15 is 0 Å². The van der Waals surface area contributed by atoms with Crippen molar-refractivity contribution >= 4 is 50.2 Å². The molecule has 2 heterocycles. The van der Waals surface area contributed by atoms with Crippen molar-refractivity contribution in [3.63, 3.8) is 0 Å². The van der Waals surface area contributed by atoms with Gasteiger partial charge in [-0.25, -0.2) is 4.98 Å². The molecule has 0 saturated carbocycles. The fourth-order valence-electron chi connectivity index (χ4n) is 3.22. The van der Waals surface area contributed by atoms with Gasteiger partial charge in [0.1, 0.15) is 5.82 Å². The van der Waals surface area contributed by atoms with Crippen LogP contribution in [-0.4, -0.2) is 53.6 Å². The second-order valence-electron chi connectivity index (χ2n) is 6.99. The molecule has 30 heavy (non-hydrogen) atoms. The van der Waals surface area contributed by atoms with Crippen LogP contribution < -0.4 is 10.6 Å². The summed E-state index contributed by atoms with van der Waals surface area (Å²) in [6, 6.07) is 15.5. The standard InChI is InChI=1S/C22H22BrN5O2/c1-15(14-28-9-11-30-12-10-28)21(29)27-22-25-19-8-3-2-7-18(19)20(26-22)24-17-6-4-5-16(23)13-17/h2-8,13H,1,9-12,14H2,(H2,24,25,26,27,29). The van der Waals surface area contributed by atoms with Crippen LogP contribution in [-0.2, 0) is 9.53 Å². The Balaban J connectivity index is 1.55. The van der Waals surface area contributed by atoms with Crippen molar-refractivity contribution in [1.82, 2.24) is 14.9 Å². The number of morpholine rings is 1. The van der Waals surface area contributed by atoms with Crippen molar-refractivity contribution in [3.05, 3.63) is 65.2 Å². The monoisotopic (exact) mass is 467 g/mol. The first-order chi connectivity index (χ1) is 14.6. The van der Waals surface area contributed by atoms with E-state index in [1.54, 1.807) is 0 Å². The number of carbonyl (C=O) groups excluding carboxylic acids is 1. The molecule has 0 unspecified atom stereocenters. The van der Waals surface area contributed by atoms with Crippen LogP contribution in [0, 0.1) is 0 Å². The predicted octanol–water partition coefficient (Wildman–Crippen LogP) is 3.96. The first kappa shape index (κ1) is 20.5. The molecule has 2 aromatic carbocycles. The molecule has 0 atom stereocenters. The molecular formula is C22H22BrN5O2. The number of benzene rings is 2. The van der Waals surface area contributed by atoms with Crippen molar-refractivity contribution in [1.29, 1.82) is 0 Å². The number of carbonyl (C=O) groups is 1. The Bertz CT molecular complexity index is 1080. The average Bonchev–Trinajstić information content (AvgIpc) is 2.74. The number of fused-ring (bicyclic) bond motifs is 1. The number of rotatable bonds is 6. The lowest BCUT2D eigenvalue weighted by Gasteiger charge is -2.26. The van der Waals surface area contributed by atoms with E-state index < -0.39 is 0 Å². The highest BCUT2D eigenvalue weighted by molar-refractivity contribution is 9.10. The Morgan fingerprint density at radius 2 is 1.93 bits per heavy atom. The number of para-hydroxylation sites is 1. The van der Waals surface area contributed by atoms with Gasteiger partial charge in [0.25, 0.3) is 5.91 Å². The number of nitrogens with one attached hydrogen (secondary N) is 2. The highest BCUT2D eigenvalue weighted by Crippen LogP contribution is 2.26. The van der Waals surface area contributed by atoms with E-state index in [-0.39, 0.29) is 11.9 Å². The van der Waals surface area contributed by atoms with Gasteiger partial charge in [-0.05, 0) is 30.3 Å². The minimum absolute atomic E-state index is 0.235. The van der Waals surface area contributed by atoms with Crippen LogP contribution in [0.3, 0.4) is 0 Å². The third-order valence-corrected chi connectivity index (χ3v) is 5.25. The number of hydrogen-bond acceptors (Lipinski definition) is 6. The third-order valence-electron chi connectivity index (χ3n) is 4.76. The van der Waals surface area contributed by atoms with Crippen molar-refractivity contribution in [3.8, 4) is 0 Å². The molecule has 1 fully saturated rings. The van der Waals surface area contributed by atoms with Gasteiger partial charge < -0.3 is 10.1 Å². The molecule has 1 aromatic heterocycles. The van der Waals surface area contributed by atoms with E-state index in [2.05, 4.69) is 48.0 Å². The summed E-state index contributed by atoms with van der Waals surface area (Å²) >= 11 is 3.48. The number of anilines is 3. The summed E-state index contributed by atoms with van der Waals surface area (Å²) in [5.41, 5.74) is 2.08. The number of amides is 1. The zero-order chi connectivity index (χ0) is 20.9. The van der Waals surface area contributed by atoms with E-state index in [0.717, 1.165) is 34.2 Å². The van der Waals surface area contributed by atoms with Crippen molar-refractivity contribution < 1.29 is 9.53 Å². The molecule has 2 N–H and O–H groups in total. The largest absolute Gasteiger partial charge is 0.379 e. The zero-order valence-electron chi connectivity index (χ0n) is 16.4. The summed E-state index contributed by atoms with van der Waals surface area (Å²) in [6.45, 7) is 7.36. The van der Waals surface area contributed by atoms with Crippen LogP contribution in [0.1, 0.15) is 0 Å². The number of ether oxygens (including phenoxy) is 1. The first-order valence-electron chi connectivity index (χ1n) is 9.67. The average molecular weight is 468 g/mol. The minimum atomic E-state index is -0.287. The van der Waals surface area contributed by atoms with Gasteiger partial charge >= 0.3 is 0 Å². The van der Waals surface area contributed by atoms with Crippen LogP contribution in [0.2, 0.25) is 0 Å². The molecule has 4 rings (SSSR count). The molecule has 3 aromatic rings. The fourth-order valence-corrected chi connectivity index (χ4v) is 3.62. The number of aromatic nitrogens is 2. The zero-order valence-corrected chi connectivity index (χ0v) is 18.0. The Labute approximate surface area is 183 Å². The molecule has 7 nitrogen and oxygen atoms in total. The van der Waals surface area contributed by atoms with Gasteiger partial charge in [-0.2, -0.15) is 4.98 Å². The molecule has 8 heteroatoms. The number of nitrogens with zero attached hydrogens (tertiary/aromatic N) is 3. The highest BCUT2D eigenvalue weighted by atomic mass is 79.9. The van der Waals surface area contributed by atoms with E-state index in [9.17, 15) is 4.79 Å². The van der Waals surface area contributed by atoms with Gasteiger partial charge in [0.05, 0.1) is 18.7 Å². The Hall–Kier alpha value is -2.81. The van der Waals surface area contributed by atoms with Crippen LogP contribution in [0.4, 0.5) is 17.5 Å². The van der Waals surface area contributed by atoms with Crippen LogP contribution >= 0.6 is 15.9 Å². The second-order valence-corrected chi connectivity index (χ2v) is 7.91. The normalized spacial score (nSPS) is 14.4. The number of hydrogen-bond donors (Lipinski definition) is 2. The molecular weight excluding hydrogens is 446 g/mol. The predicted molar refractivity (Wildman–Crippen MR) is 122 cm³/mol. The van der Waals surface area contributed by atoms with Gasteiger partial charge in [0.15, 0.2) is 0 Å². The lowest BCUT2D eigenvalue weighted by Crippen LogP contribution is -2.38. The van der Waals surface area contributed by atoms with E-state index in [0.29, 0.717) is 31.1 Å². The fraction of sp³-hybridized carbons (Fsp3) is 0.227. The topological polar surface area (TPSA) is 79.4 Å². The van der Waals surface area contributed by atoms with E-state index in [1.165, 1.54) is 0 Å². The van der Waals surface area contributed by atoms with Crippen molar-refractivity contribution in [2.45, 2.75) is 0 Å². The van der Waals surface area contributed by atoms with Gasteiger partial charge in [-0.1, -0.05) is 40.7 Å². The molecule has 1 saturated heterocycles. The molecule has 154 valence electrons. The lowest BCUT2D eigenvalue weighted by molar-refractivity contribution is -0.113. The van der Waals surface area contributed by atoms with Crippen molar-refractivity contribution in [2.75, 3.05) is 43.5 Å². The molecule has 1 amide bonds. The maximum atomic E-state index is 12.7. The van der Waals surface area contributed by atoms with Gasteiger partial charge in [0.2, 0.25) is 5.95 Å².